The van der Waals surface area contributed by atoms with Gasteiger partial charge in [-0.2, -0.15) is 0 Å². The van der Waals surface area contributed by atoms with Gasteiger partial charge in [0.15, 0.2) is 0 Å². The zero-order valence-electron chi connectivity index (χ0n) is 9.73. The van der Waals surface area contributed by atoms with E-state index in [9.17, 15) is 4.39 Å². The summed E-state index contributed by atoms with van der Waals surface area (Å²) in [4.78, 5) is 0. The van der Waals surface area contributed by atoms with Crippen molar-refractivity contribution in [3.63, 3.8) is 0 Å². The third-order valence-electron chi connectivity index (χ3n) is 2.60. The molecule has 0 aliphatic heterocycles. The van der Waals surface area contributed by atoms with Gasteiger partial charge < -0.3 is 5.73 Å². The first-order valence-electron chi connectivity index (χ1n) is 5.63. The fourth-order valence-electron chi connectivity index (χ4n) is 1.74. The topological polar surface area (TPSA) is 56.7 Å². The van der Waals surface area contributed by atoms with Crippen molar-refractivity contribution in [2.45, 2.75) is 26.4 Å². The summed E-state index contributed by atoms with van der Waals surface area (Å²) in [5.41, 5.74) is 7.46. The van der Waals surface area contributed by atoms with Crippen LogP contribution in [0.1, 0.15) is 18.9 Å². The Morgan fingerprint density at radius 1 is 1.41 bits per heavy atom. The monoisotopic (exact) mass is 234 g/mol. The number of rotatable bonds is 4. The van der Waals surface area contributed by atoms with Crippen LogP contribution in [0.3, 0.4) is 0 Å². The van der Waals surface area contributed by atoms with Gasteiger partial charge in [-0.3, -0.25) is 0 Å². The van der Waals surface area contributed by atoms with Gasteiger partial charge in [-0.15, -0.1) is 5.10 Å². The number of benzene rings is 1. The molecule has 0 saturated carbocycles. The molecule has 1 aromatic carbocycles. The third-order valence-corrected chi connectivity index (χ3v) is 2.60. The third kappa shape index (κ3) is 2.34. The summed E-state index contributed by atoms with van der Waals surface area (Å²) < 4.78 is 15.6. The van der Waals surface area contributed by atoms with E-state index in [4.69, 9.17) is 5.73 Å². The Bertz CT molecular complexity index is 507. The Morgan fingerprint density at radius 2 is 2.24 bits per heavy atom. The van der Waals surface area contributed by atoms with Crippen LogP contribution < -0.4 is 5.73 Å². The molecule has 0 radical (unpaired) electrons. The number of hydrogen-bond donors (Lipinski definition) is 1. The molecular weight excluding hydrogens is 219 g/mol. The molecule has 0 spiro atoms. The smallest absolute Gasteiger partial charge is 0.132 e. The first-order chi connectivity index (χ1) is 8.26. The average molecular weight is 234 g/mol. The van der Waals surface area contributed by atoms with Crippen LogP contribution in [0.15, 0.2) is 24.4 Å². The molecule has 0 aliphatic carbocycles. The minimum absolute atomic E-state index is 0.285. The van der Waals surface area contributed by atoms with E-state index in [0.29, 0.717) is 17.8 Å². The van der Waals surface area contributed by atoms with E-state index in [1.807, 2.05) is 13.0 Å². The summed E-state index contributed by atoms with van der Waals surface area (Å²) in [5.74, 6) is -0.285. The summed E-state index contributed by atoms with van der Waals surface area (Å²) in [5, 5.41) is 7.76. The molecule has 2 aromatic rings. The van der Waals surface area contributed by atoms with Gasteiger partial charge in [0.25, 0.3) is 0 Å². The molecule has 1 heterocycles. The lowest BCUT2D eigenvalue weighted by molar-refractivity contribution is 0.578. The Balaban J connectivity index is 2.42. The van der Waals surface area contributed by atoms with E-state index >= 15 is 0 Å². The Hall–Kier alpha value is -1.75. The minimum Gasteiger partial charge on any atom is -0.326 e. The molecule has 0 fully saturated rings. The quantitative estimate of drug-likeness (QED) is 0.879. The summed E-state index contributed by atoms with van der Waals surface area (Å²) >= 11 is 0. The maximum absolute atomic E-state index is 13.9. The lowest BCUT2D eigenvalue weighted by Crippen LogP contribution is -2.03. The van der Waals surface area contributed by atoms with Crippen LogP contribution in [0.4, 0.5) is 4.39 Å². The van der Waals surface area contributed by atoms with Gasteiger partial charge >= 0.3 is 0 Å². The normalized spacial score (nSPS) is 10.8. The highest BCUT2D eigenvalue weighted by Gasteiger charge is 2.11. The van der Waals surface area contributed by atoms with Crippen molar-refractivity contribution in [1.82, 2.24) is 15.0 Å². The Morgan fingerprint density at radius 3 is 2.88 bits per heavy atom. The second-order valence-corrected chi connectivity index (χ2v) is 3.86. The Labute approximate surface area is 99.2 Å². The second kappa shape index (κ2) is 5.05. The van der Waals surface area contributed by atoms with E-state index in [1.165, 1.54) is 6.07 Å². The highest BCUT2D eigenvalue weighted by Crippen LogP contribution is 2.22. The highest BCUT2D eigenvalue weighted by molar-refractivity contribution is 5.59. The molecule has 90 valence electrons. The second-order valence-electron chi connectivity index (χ2n) is 3.86. The lowest BCUT2D eigenvalue weighted by Gasteiger charge is -2.07. The van der Waals surface area contributed by atoms with Crippen molar-refractivity contribution in [2.75, 3.05) is 0 Å². The zero-order valence-corrected chi connectivity index (χ0v) is 9.73. The largest absolute Gasteiger partial charge is 0.326 e. The van der Waals surface area contributed by atoms with Crippen LogP contribution in [0.5, 0.6) is 0 Å². The molecule has 0 saturated heterocycles. The van der Waals surface area contributed by atoms with Gasteiger partial charge in [0.05, 0.1) is 11.9 Å². The van der Waals surface area contributed by atoms with Gasteiger partial charge in [-0.05, 0) is 24.1 Å². The summed E-state index contributed by atoms with van der Waals surface area (Å²) in [6, 6.07) is 5.00. The van der Waals surface area contributed by atoms with Gasteiger partial charge in [0.1, 0.15) is 5.82 Å². The first-order valence-corrected chi connectivity index (χ1v) is 5.63. The fourth-order valence-corrected chi connectivity index (χ4v) is 1.74. The average Bonchev–Trinajstić information content (AvgIpc) is 2.77. The van der Waals surface area contributed by atoms with Crippen LogP contribution in [0, 0.1) is 5.82 Å². The molecule has 2 N–H and O–H groups in total. The molecule has 4 nitrogen and oxygen atoms in total. The number of aromatic nitrogens is 3. The molecule has 0 amide bonds. The van der Waals surface area contributed by atoms with Crippen molar-refractivity contribution >= 4 is 0 Å². The maximum atomic E-state index is 13.9. The van der Waals surface area contributed by atoms with Crippen molar-refractivity contribution < 1.29 is 4.39 Å². The van der Waals surface area contributed by atoms with E-state index in [-0.39, 0.29) is 5.82 Å². The molecule has 1 aromatic heterocycles. The number of hydrogen-bond acceptors (Lipinski definition) is 3. The zero-order chi connectivity index (χ0) is 12.3. The standard InChI is InChI=1S/C12H15FN4/c1-2-5-17-12(8-15-16-17)10-4-3-9(7-14)6-11(10)13/h3-4,6,8H,2,5,7,14H2,1H3. The van der Waals surface area contributed by atoms with Crippen LogP contribution in [0.2, 0.25) is 0 Å². The van der Waals surface area contributed by atoms with E-state index in [2.05, 4.69) is 10.3 Å². The van der Waals surface area contributed by atoms with Crippen molar-refractivity contribution in [3.8, 4) is 11.3 Å². The van der Waals surface area contributed by atoms with Crippen molar-refractivity contribution in [2.24, 2.45) is 5.73 Å². The van der Waals surface area contributed by atoms with E-state index in [0.717, 1.165) is 18.5 Å². The van der Waals surface area contributed by atoms with Gasteiger partial charge in [0.2, 0.25) is 0 Å². The minimum atomic E-state index is -0.285. The summed E-state index contributed by atoms with van der Waals surface area (Å²) in [7, 11) is 0. The number of nitrogens with zero attached hydrogens (tertiary/aromatic N) is 3. The first kappa shape index (κ1) is 11.7. The van der Waals surface area contributed by atoms with Gasteiger partial charge in [-0.25, -0.2) is 9.07 Å². The summed E-state index contributed by atoms with van der Waals surface area (Å²) in [6.07, 6.45) is 2.51. The predicted octanol–water partition coefficient (Wildman–Crippen LogP) is 1.95. The lowest BCUT2D eigenvalue weighted by atomic mass is 10.1. The molecule has 5 heteroatoms. The Kier molecular flexibility index (Phi) is 3.49. The van der Waals surface area contributed by atoms with Crippen LogP contribution in [-0.4, -0.2) is 15.0 Å². The number of nitrogens with two attached hydrogens (primary N) is 1. The molecule has 0 bridgehead atoms. The van der Waals surface area contributed by atoms with Crippen molar-refractivity contribution in [3.05, 3.63) is 35.8 Å². The molecule has 2 rings (SSSR count). The molecule has 0 atom stereocenters. The van der Waals surface area contributed by atoms with Crippen LogP contribution in [0.25, 0.3) is 11.3 Å². The fraction of sp³-hybridized carbons (Fsp3) is 0.333. The van der Waals surface area contributed by atoms with E-state index in [1.54, 1.807) is 16.9 Å². The van der Waals surface area contributed by atoms with Crippen LogP contribution in [-0.2, 0) is 13.1 Å². The van der Waals surface area contributed by atoms with Gasteiger partial charge in [-0.1, -0.05) is 18.2 Å². The number of halogens is 1. The van der Waals surface area contributed by atoms with Crippen molar-refractivity contribution in [1.29, 1.82) is 0 Å². The maximum Gasteiger partial charge on any atom is 0.132 e. The molecule has 0 aliphatic rings. The highest BCUT2D eigenvalue weighted by atomic mass is 19.1. The molecular formula is C12H15FN4. The molecule has 17 heavy (non-hydrogen) atoms. The summed E-state index contributed by atoms with van der Waals surface area (Å²) in [6.45, 7) is 3.11. The van der Waals surface area contributed by atoms with Gasteiger partial charge in [0, 0.05) is 18.7 Å². The van der Waals surface area contributed by atoms with Crippen LogP contribution >= 0.6 is 0 Å². The SMILES string of the molecule is CCCn1nncc1-c1ccc(CN)cc1F. The number of aryl methyl sites for hydroxylation is 1. The van der Waals surface area contributed by atoms with E-state index < -0.39 is 0 Å². The predicted molar refractivity (Wildman–Crippen MR) is 63.6 cm³/mol. The molecule has 0 unspecified atom stereocenters.